The lowest BCUT2D eigenvalue weighted by Gasteiger charge is -2.12. The molecule has 100 valence electrons. The van der Waals surface area contributed by atoms with Crippen molar-refractivity contribution < 1.29 is 17.6 Å². The van der Waals surface area contributed by atoms with E-state index in [0.717, 1.165) is 6.07 Å². The number of anilines is 3. The third-order valence-corrected chi connectivity index (χ3v) is 2.97. The Bertz CT molecular complexity index is 623. The topological polar surface area (TPSA) is 38.0 Å². The highest BCUT2D eigenvalue weighted by Gasteiger charge is 2.14. The molecule has 0 bridgehead atoms. The number of rotatable bonds is 2. The zero-order valence-corrected chi connectivity index (χ0v) is 10.9. The molecule has 2 aromatic rings. The molecule has 19 heavy (non-hydrogen) atoms. The first-order valence-corrected chi connectivity index (χ1v) is 5.84. The van der Waals surface area contributed by atoms with Gasteiger partial charge in [-0.25, -0.2) is 17.6 Å². The molecular weight excluding hydrogens is 328 g/mol. The average molecular weight is 335 g/mol. The molecule has 0 unspecified atom stereocenters. The fourth-order valence-corrected chi connectivity index (χ4v) is 1.81. The van der Waals surface area contributed by atoms with E-state index in [9.17, 15) is 17.6 Å². The Kier molecular flexibility index (Phi) is 3.66. The van der Waals surface area contributed by atoms with Crippen molar-refractivity contribution >= 4 is 33.0 Å². The largest absolute Gasteiger partial charge is 0.397 e. The summed E-state index contributed by atoms with van der Waals surface area (Å²) in [6.07, 6.45) is 0. The quantitative estimate of drug-likeness (QED) is 0.633. The van der Waals surface area contributed by atoms with Gasteiger partial charge in [0.05, 0.1) is 15.8 Å². The van der Waals surface area contributed by atoms with Crippen LogP contribution < -0.4 is 11.1 Å². The minimum Gasteiger partial charge on any atom is -0.397 e. The lowest BCUT2D eigenvalue weighted by Crippen LogP contribution is -2.02. The van der Waals surface area contributed by atoms with Gasteiger partial charge in [0.25, 0.3) is 0 Å². The van der Waals surface area contributed by atoms with Crippen LogP contribution in [-0.4, -0.2) is 0 Å². The summed E-state index contributed by atoms with van der Waals surface area (Å²) < 4.78 is 52.9. The Labute approximate surface area is 114 Å². The molecule has 0 atom stereocenters. The molecule has 0 aromatic heterocycles. The molecule has 0 heterocycles. The first kappa shape index (κ1) is 13.7. The summed E-state index contributed by atoms with van der Waals surface area (Å²) in [7, 11) is 0. The second-order valence-corrected chi connectivity index (χ2v) is 4.58. The zero-order chi connectivity index (χ0) is 14.2. The van der Waals surface area contributed by atoms with Crippen molar-refractivity contribution in [1.82, 2.24) is 0 Å². The van der Waals surface area contributed by atoms with Gasteiger partial charge in [0, 0.05) is 18.2 Å². The normalized spacial score (nSPS) is 10.6. The van der Waals surface area contributed by atoms with Gasteiger partial charge >= 0.3 is 0 Å². The molecule has 2 aromatic carbocycles. The van der Waals surface area contributed by atoms with E-state index in [1.54, 1.807) is 0 Å². The number of nitrogens with two attached hydrogens (primary N) is 1. The molecule has 2 nitrogen and oxygen atoms in total. The molecule has 0 fully saturated rings. The summed E-state index contributed by atoms with van der Waals surface area (Å²) in [6.45, 7) is 0. The standard InChI is InChI=1S/C12H7BrF4N2/c13-6-3-11(10(18)4-7(6)15)19-12-8(16)1-5(14)2-9(12)17/h1-4,19H,18H2. The maximum absolute atomic E-state index is 13.4. The van der Waals surface area contributed by atoms with Crippen molar-refractivity contribution in [3.8, 4) is 0 Å². The first-order chi connectivity index (χ1) is 8.88. The van der Waals surface area contributed by atoms with Crippen molar-refractivity contribution in [3.05, 3.63) is 52.0 Å². The third-order valence-electron chi connectivity index (χ3n) is 2.36. The summed E-state index contributed by atoms with van der Waals surface area (Å²) in [5, 5.41) is 2.37. The molecule has 7 heteroatoms. The monoisotopic (exact) mass is 334 g/mol. The van der Waals surface area contributed by atoms with Gasteiger partial charge < -0.3 is 11.1 Å². The van der Waals surface area contributed by atoms with Crippen molar-refractivity contribution in [3.63, 3.8) is 0 Å². The van der Waals surface area contributed by atoms with E-state index in [-0.39, 0.29) is 15.8 Å². The number of nitrogens with one attached hydrogen (secondary N) is 1. The van der Waals surface area contributed by atoms with Gasteiger partial charge in [-0.3, -0.25) is 0 Å². The summed E-state index contributed by atoms with van der Waals surface area (Å²) in [5.74, 6) is -3.87. The summed E-state index contributed by atoms with van der Waals surface area (Å²) in [4.78, 5) is 0. The van der Waals surface area contributed by atoms with Gasteiger partial charge in [-0.05, 0) is 22.0 Å². The van der Waals surface area contributed by atoms with Crippen molar-refractivity contribution in [2.75, 3.05) is 11.1 Å². The Morgan fingerprint density at radius 2 is 1.47 bits per heavy atom. The van der Waals surface area contributed by atoms with E-state index in [4.69, 9.17) is 5.73 Å². The van der Waals surface area contributed by atoms with Gasteiger partial charge in [-0.1, -0.05) is 0 Å². The molecule has 0 aliphatic carbocycles. The van der Waals surface area contributed by atoms with E-state index in [0.29, 0.717) is 12.1 Å². The lowest BCUT2D eigenvalue weighted by atomic mass is 10.2. The molecule has 0 aliphatic heterocycles. The van der Waals surface area contributed by atoms with Crippen molar-refractivity contribution in [1.29, 1.82) is 0 Å². The zero-order valence-electron chi connectivity index (χ0n) is 9.28. The second kappa shape index (κ2) is 5.08. The van der Waals surface area contributed by atoms with Gasteiger partial charge in [0.15, 0.2) is 11.6 Å². The number of hydrogen-bond acceptors (Lipinski definition) is 2. The highest BCUT2D eigenvalue weighted by molar-refractivity contribution is 9.10. The van der Waals surface area contributed by atoms with Crippen LogP contribution in [0.2, 0.25) is 0 Å². The van der Waals surface area contributed by atoms with Gasteiger partial charge in [-0.15, -0.1) is 0 Å². The molecule has 0 radical (unpaired) electrons. The van der Waals surface area contributed by atoms with Gasteiger partial charge in [0.2, 0.25) is 0 Å². The van der Waals surface area contributed by atoms with Crippen LogP contribution in [0.3, 0.4) is 0 Å². The molecule has 0 amide bonds. The Balaban J connectivity index is 2.45. The molecule has 2 rings (SSSR count). The van der Waals surface area contributed by atoms with E-state index >= 15 is 0 Å². The SMILES string of the molecule is Nc1cc(F)c(Br)cc1Nc1c(F)cc(F)cc1F. The molecule has 3 N–H and O–H groups in total. The minimum atomic E-state index is -1.11. The predicted molar refractivity (Wildman–Crippen MR) is 68.1 cm³/mol. The molecule has 0 saturated heterocycles. The van der Waals surface area contributed by atoms with Crippen LogP contribution in [0.1, 0.15) is 0 Å². The van der Waals surface area contributed by atoms with E-state index in [1.165, 1.54) is 6.07 Å². The Morgan fingerprint density at radius 3 is 2.05 bits per heavy atom. The fraction of sp³-hybridized carbons (Fsp3) is 0. The van der Waals surface area contributed by atoms with E-state index in [2.05, 4.69) is 21.2 Å². The second-order valence-electron chi connectivity index (χ2n) is 3.72. The molecule has 0 aliphatic rings. The first-order valence-electron chi connectivity index (χ1n) is 5.04. The van der Waals surface area contributed by atoms with Crippen LogP contribution in [0.4, 0.5) is 34.6 Å². The minimum absolute atomic E-state index is 0.0381. The van der Waals surface area contributed by atoms with E-state index < -0.39 is 29.0 Å². The van der Waals surface area contributed by atoms with Gasteiger partial charge in [0.1, 0.15) is 17.3 Å². The molecule has 0 spiro atoms. The Morgan fingerprint density at radius 1 is 0.895 bits per heavy atom. The lowest BCUT2D eigenvalue weighted by molar-refractivity contribution is 0.549. The third kappa shape index (κ3) is 2.81. The van der Waals surface area contributed by atoms with E-state index in [1.807, 2.05) is 0 Å². The number of hydrogen-bond donors (Lipinski definition) is 2. The predicted octanol–water partition coefficient (Wildman–Crippen LogP) is 4.33. The van der Waals surface area contributed by atoms with Crippen LogP contribution in [0.15, 0.2) is 28.7 Å². The van der Waals surface area contributed by atoms with Crippen molar-refractivity contribution in [2.24, 2.45) is 0 Å². The maximum Gasteiger partial charge on any atom is 0.152 e. The van der Waals surface area contributed by atoms with Crippen LogP contribution in [0.25, 0.3) is 0 Å². The summed E-state index contributed by atoms with van der Waals surface area (Å²) in [6, 6.07) is 3.28. The number of nitrogen functional groups attached to an aromatic ring is 1. The maximum atomic E-state index is 13.4. The van der Waals surface area contributed by atoms with Crippen molar-refractivity contribution in [2.45, 2.75) is 0 Å². The Hall–Kier alpha value is -1.76. The molecular formula is C12H7BrF4N2. The highest BCUT2D eigenvalue weighted by atomic mass is 79.9. The van der Waals surface area contributed by atoms with Gasteiger partial charge in [-0.2, -0.15) is 0 Å². The fourth-order valence-electron chi connectivity index (χ4n) is 1.47. The van der Waals surface area contributed by atoms with Crippen LogP contribution >= 0.6 is 15.9 Å². The summed E-state index contributed by atoms with van der Waals surface area (Å²) >= 11 is 2.92. The number of halogens is 5. The van der Waals surface area contributed by atoms with Crippen LogP contribution in [-0.2, 0) is 0 Å². The van der Waals surface area contributed by atoms with Crippen LogP contribution in [0.5, 0.6) is 0 Å². The average Bonchev–Trinajstić information content (AvgIpc) is 2.29. The molecule has 0 saturated carbocycles. The number of benzene rings is 2. The summed E-state index contributed by atoms with van der Waals surface area (Å²) in [5.41, 5.74) is 5.02. The van der Waals surface area contributed by atoms with Crippen LogP contribution in [0, 0.1) is 23.3 Å². The highest BCUT2D eigenvalue weighted by Crippen LogP contribution is 2.31. The smallest absolute Gasteiger partial charge is 0.152 e.